The third-order valence-electron chi connectivity index (χ3n) is 5.79. The maximum atomic E-state index is 13.1. The van der Waals surface area contributed by atoms with Crippen molar-refractivity contribution in [3.8, 4) is 0 Å². The van der Waals surface area contributed by atoms with Gasteiger partial charge in [0.2, 0.25) is 5.91 Å². The maximum Gasteiger partial charge on any atom is 0.263 e. The number of amides is 2. The molecule has 4 rings (SSSR count). The van der Waals surface area contributed by atoms with Crippen molar-refractivity contribution in [1.82, 2.24) is 19.6 Å². The van der Waals surface area contributed by atoms with Crippen LogP contribution in [0, 0.1) is 0 Å². The molecule has 30 heavy (non-hydrogen) atoms. The zero-order chi connectivity index (χ0) is 21.1. The minimum atomic E-state index is 0.0363. The summed E-state index contributed by atoms with van der Waals surface area (Å²) in [5, 5.41) is 5.33. The lowest BCUT2D eigenvalue weighted by atomic mass is 9.97. The van der Waals surface area contributed by atoms with Gasteiger partial charge in [-0.3, -0.25) is 14.3 Å². The molecule has 0 spiro atoms. The summed E-state index contributed by atoms with van der Waals surface area (Å²) >= 11 is 1.56. The molecular formula is C23H28N4O2S. The molecule has 6 nitrogen and oxygen atoms in total. The molecule has 0 bridgehead atoms. The fraction of sp³-hybridized carbons (Fsp3) is 0.435. The normalized spacial score (nSPS) is 17.1. The smallest absolute Gasteiger partial charge is 0.263 e. The minimum Gasteiger partial charge on any atom is -0.344 e. The lowest BCUT2D eigenvalue weighted by molar-refractivity contribution is -0.134. The maximum absolute atomic E-state index is 13.1. The van der Waals surface area contributed by atoms with Gasteiger partial charge < -0.3 is 9.80 Å². The molecule has 2 aromatic heterocycles. The van der Waals surface area contributed by atoms with Crippen LogP contribution in [0.25, 0.3) is 10.1 Å². The molecule has 2 amide bonds. The highest BCUT2D eigenvalue weighted by molar-refractivity contribution is 7.21. The number of benzene rings is 1. The summed E-state index contributed by atoms with van der Waals surface area (Å²) in [6.07, 6.45) is 8.46. The quantitative estimate of drug-likeness (QED) is 0.626. The van der Waals surface area contributed by atoms with Crippen LogP contribution in [0.1, 0.15) is 40.9 Å². The molecular weight excluding hydrogens is 396 g/mol. The topological polar surface area (TPSA) is 58.4 Å². The first-order chi connectivity index (χ1) is 14.5. The molecule has 0 unspecified atom stereocenters. The first-order valence-electron chi connectivity index (χ1n) is 10.5. The zero-order valence-corrected chi connectivity index (χ0v) is 18.4. The molecule has 158 valence electrons. The number of hydrogen-bond donors (Lipinski definition) is 0. The summed E-state index contributed by atoms with van der Waals surface area (Å²) in [7, 11) is 3.59. The van der Waals surface area contributed by atoms with Crippen molar-refractivity contribution in [3.63, 3.8) is 0 Å². The lowest BCUT2D eigenvalue weighted by Crippen LogP contribution is -2.43. The van der Waals surface area contributed by atoms with Gasteiger partial charge in [-0.05, 0) is 42.3 Å². The number of hydrogen-bond acceptors (Lipinski definition) is 4. The Morgan fingerprint density at radius 3 is 2.77 bits per heavy atom. The Morgan fingerprint density at radius 2 is 2.00 bits per heavy atom. The van der Waals surface area contributed by atoms with Crippen LogP contribution >= 0.6 is 11.3 Å². The van der Waals surface area contributed by atoms with E-state index in [1.165, 1.54) is 0 Å². The van der Waals surface area contributed by atoms with E-state index < -0.39 is 0 Å². The number of carbonyl (C=O) groups is 2. The molecule has 1 aromatic carbocycles. The van der Waals surface area contributed by atoms with Crippen molar-refractivity contribution in [2.75, 3.05) is 20.6 Å². The molecule has 3 aromatic rings. The summed E-state index contributed by atoms with van der Waals surface area (Å²) in [4.78, 5) is 30.5. The largest absolute Gasteiger partial charge is 0.344 e. The van der Waals surface area contributed by atoms with E-state index in [4.69, 9.17) is 0 Å². The van der Waals surface area contributed by atoms with E-state index in [1.807, 2.05) is 29.3 Å². The molecule has 3 heterocycles. The Kier molecular flexibility index (Phi) is 6.18. The van der Waals surface area contributed by atoms with E-state index in [9.17, 15) is 9.59 Å². The van der Waals surface area contributed by atoms with E-state index >= 15 is 0 Å². The summed E-state index contributed by atoms with van der Waals surface area (Å²) in [5.74, 6) is 0.139. The van der Waals surface area contributed by atoms with Crippen LogP contribution in [0.4, 0.5) is 0 Å². The highest BCUT2D eigenvalue weighted by atomic mass is 32.1. The van der Waals surface area contributed by atoms with Crippen molar-refractivity contribution < 1.29 is 9.59 Å². The monoisotopic (exact) mass is 424 g/mol. The van der Waals surface area contributed by atoms with Crippen LogP contribution in [0.3, 0.4) is 0 Å². The average Bonchev–Trinajstić information content (AvgIpc) is 3.30. The van der Waals surface area contributed by atoms with Crippen LogP contribution in [0.15, 0.2) is 42.7 Å². The van der Waals surface area contributed by atoms with Gasteiger partial charge in [-0.2, -0.15) is 5.10 Å². The van der Waals surface area contributed by atoms with Crippen LogP contribution < -0.4 is 0 Å². The Morgan fingerprint density at radius 1 is 1.17 bits per heavy atom. The number of nitrogens with zero attached hydrogens (tertiary/aromatic N) is 4. The predicted molar refractivity (Wildman–Crippen MR) is 120 cm³/mol. The Labute approximate surface area is 181 Å². The number of likely N-dealkylation sites (tertiary alicyclic amines) is 1. The Bertz CT molecular complexity index is 1030. The van der Waals surface area contributed by atoms with Crippen molar-refractivity contribution in [2.45, 2.75) is 44.7 Å². The summed E-state index contributed by atoms with van der Waals surface area (Å²) in [6.45, 7) is 1.03. The van der Waals surface area contributed by atoms with Crippen molar-refractivity contribution in [3.05, 3.63) is 53.2 Å². The number of carbonyl (C=O) groups excluding carboxylic acids is 2. The molecule has 1 saturated heterocycles. The van der Waals surface area contributed by atoms with E-state index in [2.05, 4.69) is 17.2 Å². The van der Waals surface area contributed by atoms with Crippen LogP contribution in [-0.2, 0) is 17.8 Å². The second-order valence-corrected chi connectivity index (χ2v) is 9.16. The third kappa shape index (κ3) is 4.26. The fourth-order valence-corrected chi connectivity index (χ4v) is 5.51. The molecule has 1 fully saturated rings. The van der Waals surface area contributed by atoms with Gasteiger partial charge in [0.25, 0.3) is 5.91 Å². The van der Waals surface area contributed by atoms with Gasteiger partial charge in [0.15, 0.2) is 0 Å². The van der Waals surface area contributed by atoms with Gasteiger partial charge in [0.05, 0.1) is 4.88 Å². The van der Waals surface area contributed by atoms with Crippen molar-refractivity contribution >= 4 is 33.2 Å². The van der Waals surface area contributed by atoms with Gasteiger partial charge in [-0.1, -0.05) is 31.0 Å². The molecule has 7 heteroatoms. The molecule has 1 atom stereocenters. The van der Waals surface area contributed by atoms with E-state index in [1.54, 1.807) is 41.2 Å². The number of fused-ring (bicyclic) bond motifs is 1. The number of thiophene rings is 1. The standard InChI is InChI=1S/C23H28N4O2S/c1-25(2)23(29)22-19(18-10-5-6-11-20(18)30-22)15-17-9-4-3-7-14-27(17)21(28)16-26-13-8-12-24-26/h5-6,8,10-13,17H,3-4,7,9,14-16H2,1-2H3/t17-/m0/s1. The van der Waals surface area contributed by atoms with Gasteiger partial charge >= 0.3 is 0 Å². The average molecular weight is 425 g/mol. The van der Waals surface area contributed by atoms with Crippen LogP contribution in [-0.4, -0.2) is 58.1 Å². The Balaban J connectivity index is 1.66. The predicted octanol–water partition coefficient (Wildman–Crippen LogP) is 3.81. The second kappa shape index (κ2) is 9.00. The van der Waals surface area contributed by atoms with Gasteiger partial charge in [0, 0.05) is 43.8 Å². The molecule has 0 aliphatic carbocycles. The van der Waals surface area contributed by atoms with Gasteiger partial charge in [0.1, 0.15) is 6.54 Å². The highest BCUT2D eigenvalue weighted by Gasteiger charge is 2.29. The molecule has 0 N–H and O–H groups in total. The first-order valence-corrected chi connectivity index (χ1v) is 11.3. The highest BCUT2D eigenvalue weighted by Crippen LogP contribution is 2.34. The second-order valence-electron chi connectivity index (χ2n) is 8.10. The van der Waals surface area contributed by atoms with Gasteiger partial charge in [-0.25, -0.2) is 0 Å². The molecule has 1 aliphatic rings. The lowest BCUT2D eigenvalue weighted by Gasteiger charge is -2.30. The van der Waals surface area contributed by atoms with Crippen LogP contribution in [0.2, 0.25) is 0 Å². The molecule has 1 aliphatic heterocycles. The SMILES string of the molecule is CN(C)C(=O)c1sc2ccccc2c1C[C@@H]1CCCCCN1C(=O)Cn1cccn1. The Hall–Kier alpha value is -2.67. The van der Waals surface area contributed by atoms with Gasteiger partial charge in [-0.15, -0.1) is 11.3 Å². The number of aromatic nitrogens is 2. The first kappa shape index (κ1) is 20.6. The number of rotatable bonds is 5. The zero-order valence-electron chi connectivity index (χ0n) is 17.6. The van der Waals surface area contributed by atoms with Crippen molar-refractivity contribution in [2.24, 2.45) is 0 Å². The molecule has 0 saturated carbocycles. The summed E-state index contributed by atoms with van der Waals surface area (Å²) in [5.41, 5.74) is 1.08. The molecule has 0 radical (unpaired) electrons. The summed E-state index contributed by atoms with van der Waals surface area (Å²) < 4.78 is 2.81. The van der Waals surface area contributed by atoms with E-state index in [-0.39, 0.29) is 24.4 Å². The summed E-state index contributed by atoms with van der Waals surface area (Å²) in [6, 6.07) is 10.1. The minimum absolute atomic E-state index is 0.0363. The van der Waals surface area contributed by atoms with E-state index in [0.29, 0.717) is 6.42 Å². The van der Waals surface area contributed by atoms with E-state index in [0.717, 1.165) is 52.8 Å². The van der Waals surface area contributed by atoms with Crippen molar-refractivity contribution in [1.29, 1.82) is 0 Å². The third-order valence-corrected chi connectivity index (χ3v) is 6.99. The fourth-order valence-electron chi connectivity index (χ4n) is 4.25. The van der Waals surface area contributed by atoms with Crippen LogP contribution in [0.5, 0.6) is 0 Å².